The monoisotopic (exact) mass is 499 g/mol. The van der Waals surface area contributed by atoms with E-state index in [0.717, 1.165) is 35.9 Å². The lowest BCUT2D eigenvalue weighted by molar-refractivity contribution is 0.301. The zero-order valence-corrected chi connectivity index (χ0v) is 19.8. The summed E-state index contributed by atoms with van der Waals surface area (Å²) >= 11 is 0. The normalized spacial score (nSPS) is 11.1. The summed E-state index contributed by atoms with van der Waals surface area (Å²) in [4.78, 5) is 4.29. The molecule has 0 aliphatic heterocycles. The summed E-state index contributed by atoms with van der Waals surface area (Å²) in [5.74, 6) is 1.72. The number of nitrogens with one attached hydrogen (secondary N) is 2. The van der Waals surface area contributed by atoms with E-state index in [1.165, 1.54) is 24.8 Å². The van der Waals surface area contributed by atoms with Gasteiger partial charge < -0.3 is 15.4 Å². The highest BCUT2D eigenvalue weighted by Gasteiger charge is 2.06. The molecule has 28 heavy (non-hydrogen) atoms. The average molecular weight is 499 g/mol. The second kappa shape index (κ2) is 13.4. The minimum absolute atomic E-state index is 0. The van der Waals surface area contributed by atoms with Crippen LogP contribution in [0.2, 0.25) is 0 Å². The molecule has 2 N–H and O–H groups in total. The highest BCUT2D eigenvalue weighted by Crippen LogP contribution is 2.21. The number of halogens is 1. The lowest BCUT2D eigenvalue weighted by atomic mass is 10.1. The number of aliphatic imine (C=N–C) groups is 1. The standard InChI is InChI=1S/C21H33N5O.HI/c1-5-6-7-8-11-27-20-12-17(2)9-10-19(20)15-24-21(22-3)23-13-18-14-25-26(4)16-18;/h9-10,12,14,16H,5-8,11,13,15H2,1-4H3,(H2,22,23,24);1H. The van der Waals surface area contributed by atoms with Crippen LogP contribution in [0.15, 0.2) is 35.6 Å². The van der Waals surface area contributed by atoms with Crippen molar-refractivity contribution in [3.63, 3.8) is 0 Å². The van der Waals surface area contributed by atoms with Crippen molar-refractivity contribution >= 4 is 29.9 Å². The van der Waals surface area contributed by atoms with E-state index in [9.17, 15) is 0 Å². The number of ether oxygens (including phenoxy) is 1. The number of nitrogens with zero attached hydrogens (tertiary/aromatic N) is 3. The van der Waals surface area contributed by atoms with Crippen LogP contribution < -0.4 is 15.4 Å². The van der Waals surface area contributed by atoms with E-state index >= 15 is 0 Å². The van der Waals surface area contributed by atoms with E-state index in [1.54, 1.807) is 11.7 Å². The number of guanidine groups is 1. The number of rotatable bonds is 10. The molecule has 2 rings (SSSR count). The van der Waals surface area contributed by atoms with Crippen molar-refractivity contribution in [1.29, 1.82) is 0 Å². The van der Waals surface area contributed by atoms with Crippen molar-refractivity contribution in [2.75, 3.05) is 13.7 Å². The Hall–Kier alpha value is -1.77. The molecule has 0 saturated carbocycles. The number of aromatic nitrogens is 2. The number of hydrogen-bond acceptors (Lipinski definition) is 3. The molecule has 2 aromatic rings. The Bertz CT molecular complexity index is 729. The van der Waals surface area contributed by atoms with Gasteiger partial charge in [-0.3, -0.25) is 9.67 Å². The summed E-state index contributed by atoms with van der Waals surface area (Å²) in [5.41, 5.74) is 3.47. The molecule has 0 fully saturated rings. The molecule has 7 heteroatoms. The minimum Gasteiger partial charge on any atom is -0.493 e. The van der Waals surface area contributed by atoms with Crippen molar-refractivity contribution in [2.45, 2.75) is 52.6 Å². The SMILES string of the molecule is CCCCCCOc1cc(C)ccc1CNC(=NC)NCc1cnn(C)c1.I. The minimum atomic E-state index is 0. The molecule has 1 aromatic heterocycles. The summed E-state index contributed by atoms with van der Waals surface area (Å²) < 4.78 is 7.85. The van der Waals surface area contributed by atoms with Gasteiger partial charge in [-0.15, -0.1) is 24.0 Å². The number of unbranched alkanes of at least 4 members (excludes halogenated alkanes) is 3. The van der Waals surface area contributed by atoms with Gasteiger partial charge in [0.05, 0.1) is 12.8 Å². The number of hydrogen-bond donors (Lipinski definition) is 2. The lowest BCUT2D eigenvalue weighted by Crippen LogP contribution is -2.36. The van der Waals surface area contributed by atoms with Crippen molar-refractivity contribution < 1.29 is 4.74 Å². The van der Waals surface area contributed by atoms with Crippen molar-refractivity contribution in [1.82, 2.24) is 20.4 Å². The molecule has 0 spiro atoms. The van der Waals surface area contributed by atoms with Crippen LogP contribution in [-0.4, -0.2) is 29.4 Å². The quantitative estimate of drug-likeness (QED) is 0.223. The van der Waals surface area contributed by atoms with Gasteiger partial charge in [-0.2, -0.15) is 5.10 Å². The maximum Gasteiger partial charge on any atom is 0.191 e. The fraction of sp³-hybridized carbons (Fsp3) is 0.524. The largest absolute Gasteiger partial charge is 0.493 e. The molecule has 0 aliphatic rings. The molecule has 156 valence electrons. The highest BCUT2D eigenvalue weighted by atomic mass is 127. The summed E-state index contributed by atoms with van der Waals surface area (Å²) in [6.45, 7) is 6.43. The third-order valence-corrected chi connectivity index (χ3v) is 4.37. The molecule has 0 aliphatic carbocycles. The van der Waals surface area contributed by atoms with Crippen LogP contribution in [0.25, 0.3) is 0 Å². The molecule has 0 radical (unpaired) electrons. The van der Waals surface area contributed by atoms with E-state index < -0.39 is 0 Å². The van der Waals surface area contributed by atoms with Gasteiger partial charge in [0.1, 0.15) is 5.75 Å². The second-order valence-corrected chi connectivity index (χ2v) is 6.82. The zero-order chi connectivity index (χ0) is 19.5. The van der Waals surface area contributed by atoms with Crippen LogP contribution in [0, 0.1) is 6.92 Å². The molecule has 0 unspecified atom stereocenters. The van der Waals surface area contributed by atoms with Crippen LogP contribution in [0.3, 0.4) is 0 Å². The Morgan fingerprint density at radius 1 is 1.18 bits per heavy atom. The maximum absolute atomic E-state index is 6.05. The third kappa shape index (κ3) is 8.50. The topological polar surface area (TPSA) is 63.5 Å². The second-order valence-electron chi connectivity index (χ2n) is 6.82. The van der Waals surface area contributed by atoms with Crippen molar-refractivity contribution in [3.05, 3.63) is 47.3 Å². The van der Waals surface area contributed by atoms with Gasteiger partial charge in [0.15, 0.2) is 5.96 Å². The van der Waals surface area contributed by atoms with Crippen LogP contribution in [0.4, 0.5) is 0 Å². The Labute approximate surface area is 186 Å². The van der Waals surface area contributed by atoms with Crippen molar-refractivity contribution in [2.24, 2.45) is 12.0 Å². The molecule has 1 aromatic carbocycles. The third-order valence-electron chi connectivity index (χ3n) is 4.37. The first-order chi connectivity index (χ1) is 13.1. The summed E-state index contributed by atoms with van der Waals surface area (Å²) in [6, 6.07) is 6.35. The number of aryl methyl sites for hydroxylation is 2. The van der Waals surface area contributed by atoms with Crippen LogP contribution in [0.5, 0.6) is 5.75 Å². The molecule has 0 atom stereocenters. The molecule has 0 amide bonds. The summed E-state index contributed by atoms with van der Waals surface area (Å²) in [7, 11) is 3.69. The smallest absolute Gasteiger partial charge is 0.191 e. The van der Waals surface area contributed by atoms with Crippen LogP contribution >= 0.6 is 24.0 Å². The first-order valence-electron chi connectivity index (χ1n) is 9.76. The fourth-order valence-corrected chi connectivity index (χ4v) is 2.80. The van der Waals surface area contributed by atoms with Gasteiger partial charge in [-0.05, 0) is 25.0 Å². The van der Waals surface area contributed by atoms with E-state index in [0.29, 0.717) is 13.1 Å². The maximum atomic E-state index is 6.05. The predicted octanol–water partition coefficient (Wildman–Crippen LogP) is 4.17. The Kier molecular flexibility index (Phi) is 11.6. The average Bonchev–Trinajstić information content (AvgIpc) is 3.08. The van der Waals surface area contributed by atoms with Crippen LogP contribution in [0.1, 0.15) is 49.3 Å². The highest BCUT2D eigenvalue weighted by molar-refractivity contribution is 14.0. The molecular formula is C21H34IN5O. The van der Waals surface area contributed by atoms with E-state index in [1.807, 2.05) is 19.4 Å². The first kappa shape index (κ1) is 24.3. The first-order valence-corrected chi connectivity index (χ1v) is 9.76. The molecule has 6 nitrogen and oxygen atoms in total. The van der Waals surface area contributed by atoms with E-state index in [-0.39, 0.29) is 24.0 Å². The Morgan fingerprint density at radius 3 is 2.64 bits per heavy atom. The van der Waals surface area contributed by atoms with Gasteiger partial charge >= 0.3 is 0 Å². The summed E-state index contributed by atoms with van der Waals surface area (Å²) in [5, 5.41) is 10.9. The lowest BCUT2D eigenvalue weighted by Gasteiger charge is -2.15. The van der Waals surface area contributed by atoms with Gasteiger partial charge in [0.25, 0.3) is 0 Å². The van der Waals surface area contributed by atoms with Gasteiger partial charge in [0, 0.05) is 44.5 Å². The van der Waals surface area contributed by atoms with Crippen LogP contribution in [-0.2, 0) is 20.1 Å². The Balaban J connectivity index is 0.00000392. The van der Waals surface area contributed by atoms with E-state index in [4.69, 9.17) is 4.74 Å². The molecular weight excluding hydrogens is 465 g/mol. The molecule has 0 saturated heterocycles. The zero-order valence-electron chi connectivity index (χ0n) is 17.5. The molecule has 1 heterocycles. The van der Waals surface area contributed by atoms with E-state index in [2.05, 4.69) is 52.8 Å². The van der Waals surface area contributed by atoms with Crippen molar-refractivity contribution in [3.8, 4) is 5.75 Å². The fourth-order valence-electron chi connectivity index (χ4n) is 2.80. The predicted molar refractivity (Wildman–Crippen MR) is 126 cm³/mol. The van der Waals surface area contributed by atoms with Gasteiger partial charge in [0.2, 0.25) is 0 Å². The molecule has 0 bridgehead atoms. The van der Waals surface area contributed by atoms with Gasteiger partial charge in [-0.25, -0.2) is 0 Å². The Morgan fingerprint density at radius 2 is 1.96 bits per heavy atom. The van der Waals surface area contributed by atoms with Gasteiger partial charge in [-0.1, -0.05) is 38.3 Å². The summed E-state index contributed by atoms with van der Waals surface area (Å²) in [6.07, 6.45) is 8.68. The number of benzene rings is 1.